The van der Waals surface area contributed by atoms with E-state index in [0.717, 1.165) is 47.4 Å². The lowest BCUT2D eigenvalue weighted by atomic mass is 9.87. The molecule has 1 saturated carbocycles. The average Bonchev–Trinajstić information content (AvgIpc) is 3.44. The van der Waals surface area contributed by atoms with Crippen molar-refractivity contribution < 1.29 is 9.59 Å². The van der Waals surface area contributed by atoms with Gasteiger partial charge in [0.05, 0.1) is 17.4 Å². The largest absolute Gasteiger partial charge is 0.352 e. The number of nitrogens with one attached hydrogen (secondary N) is 3. The molecular formula is C21H22ClN5O2S. The molecule has 5 N–H and O–H groups in total. The normalized spacial score (nSPS) is 23.5. The Morgan fingerprint density at radius 3 is 3.03 bits per heavy atom. The lowest BCUT2D eigenvalue weighted by Crippen LogP contribution is -2.60. The minimum Gasteiger partial charge on any atom is -0.352 e. The molecule has 1 fully saturated rings. The zero-order valence-corrected chi connectivity index (χ0v) is 17.8. The number of carbonyl (C=O) groups is 2. The van der Waals surface area contributed by atoms with Gasteiger partial charge in [-0.15, -0.1) is 11.3 Å². The Morgan fingerprint density at radius 2 is 2.20 bits per heavy atom. The number of thiazole rings is 1. The van der Waals surface area contributed by atoms with Crippen molar-refractivity contribution in [3.63, 3.8) is 0 Å². The Morgan fingerprint density at radius 1 is 1.33 bits per heavy atom. The Kier molecular flexibility index (Phi) is 4.89. The van der Waals surface area contributed by atoms with Crippen LogP contribution in [-0.4, -0.2) is 39.8 Å². The maximum atomic E-state index is 13.3. The Labute approximate surface area is 182 Å². The first-order valence-corrected chi connectivity index (χ1v) is 11.3. The maximum Gasteiger partial charge on any atom is 0.280 e. The van der Waals surface area contributed by atoms with Crippen molar-refractivity contribution in [2.45, 2.75) is 43.8 Å². The lowest BCUT2D eigenvalue weighted by molar-refractivity contribution is 0.0831. The number of halogens is 1. The molecule has 1 aliphatic carbocycles. The number of Topliss-reactive ketones (excluding diaryl/α,β-unsaturated/α-hetero) is 1. The summed E-state index contributed by atoms with van der Waals surface area (Å²) in [5.41, 5.74) is 7.71. The van der Waals surface area contributed by atoms with Crippen LogP contribution in [0.4, 0.5) is 0 Å². The molecule has 9 heteroatoms. The van der Waals surface area contributed by atoms with E-state index in [9.17, 15) is 9.59 Å². The number of aromatic amines is 1. The first kappa shape index (κ1) is 19.7. The number of carbonyl (C=O) groups excluding carboxylic acids is 2. The summed E-state index contributed by atoms with van der Waals surface area (Å²) in [7, 11) is 0. The minimum atomic E-state index is -1.15. The summed E-state index contributed by atoms with van der Waals surface area (Å²) in [4.78, 5) is 35.0. The number of fused-ring (bicyclic) bond motifs is 2. The third-order valence-corrected chi connectivity index (χ3v) is 7.39. The molecule has 2 aromatic heterocycles. The van der Waals surface area contributed by atoms with Gasteiger partial charge in [0.1, 0.15) is 5.54 Å². The molecule has 7 nitrogen and oxygen atoms in total. The van der Waals surface area contributed by atoms with Crippen molar-refractivity contribution in [3.05, 3.63) is 50.6 Å². The molecule has 2 atom stereocenters. The van der Waals surface area contributed by atoms with E-state index in [0.29, 0.717) is 28.6 Å². The van der Waals surface area contributed by atoms with Gasteiger partial charge in [0.25, 0.3) is 5.91 Å². The molecular weight excluding hydrogens is 422 g/mol. The summed E-state index contributed by atoms with van der Waals surface area (Å²) < 4.78 is 0. The number of ketones is 1. The van der Waals surface area contributed by atoms with Crippen LogP contribution in [0, 0.1) is 0 Å². The fourth-order valence-electron chi connectivity index (χ4n) is 4.42. The number of H-pyrrole nitrogens is 1. The number of amides is 1. The molecule has 3 aromatic rings. The van der Waals surface area contributed by atoms with E-state index in [1.807, 2.05) is 6.07 Å². The molecule has 2 aliphatic rings. The van der Waals surface area contributed by atoms with Crippen molar-refractivity contribution in [1.82, 2.24) is 20.6 Å². The van der Waals surface area contributed by atoms with Crippen molar-refractivity contribution in [2.75, 3.05) is 6.54 Å². The molecule has 5 rings (SSSR count). The van der Waals surface area contributed by atoms with E-state index in [4.69, 9.17) is 17.3 Å². The number of aromatic nitrogens is 2. The standard InChI is InChI=1S/C21H22ClN5O2S/c22-12-3-4-13-11(8-12)9-15(25-13)18(28)21(23)6-1-2-17(21)27-19(29)20-26-14-5-7-24-10-16(14)30-20/h3-4,8-9,17,24-25H,1-2,5-7,10,23H2,(H,27,29). The van der Waals surface area contributed by atoms with Crippen molar-refractivity contribution >= 4 is 45.5 Å². The van der Waals surface area contributed by atoms with Crippen LogP contribution in [0.1, 0.15) is 50.1 Å². The maximum absolute atomic E-state index is 13.3. The van der Waals surface area contributed by atoms with E-state index in [-0.39, 0.29) is 11.7 Å². The van der Waals surface area contributed by atoms with Crippen LogP contribution >= 0.6 is 22.9 Å². The van der Waals surface area contributed by atoms with Crippen molar-refractivity contribution in [1.29, 1.82) is 0 Å². The Balaban J connectivity index is 1.38. The van der Waals surface area contributed by atoms with Crippen LogP contribution < -0.4 is 16.4 Å². The summed E-state index contributed by atoms with van der Waals surface area (Å²) in [6.07, 6.45) is 2.78. The van der Waals surface area contributed by atoms with Gasteiger partial charge in [0.15, 0.2) is 5.01 Å². The zero-order valence-electron chi connectivity index (χ0n) is 16.3. The highest BCUT2D eigenvalue weighted by molar-refractivity contribution is 7.13. The van der Waals surface area contributed by atoms with Gasteiger partial charge in [-0.05, 0) is 43.5 Å². The molecule has 1 amide bonds. The number of nitrogens with two attached hydrogens (primary N) is 1. The lowest BCUT2D eigenvalue weighted by Gasteiger charge is -2.30. The van der Waals surface area contributed by atoms with Crippen molar-refractivity contribution in [2.24, 2.45) is 5.73 Å². The minimum absolute atomic E-state index is 0.194. The van der Waals surface area contributed by atoms with Gasteiger partial charge in [-0.2, -0.15) is 0 Å². The average molecular weight is 444 g/mol. The topological polar surface area (TPSA) is 113 Å². The number of benzene rings is 1. The summed E-state index contributed by atoms with van der Waals surface area (Å²) >= 11 is 7.46. The first-order chi connectivity index (χ1) is 14.4. The highest BCUT2D eigenvalue weighted by atomic mass is 35.5. The molecule has 1 aliphatic heterocycles. The number of nitrogens with zero attached hydrogens (tertiary/aromatic N) is 1. The SMILES string of the molecule is NC1(C(=O)c2cc3cc(Cl)ccc3[nH]2)CCCC1NC(=O)c1nc2c(s1)CNCC2. The van der Waals surface area contributed by atoms with Crippen LogP contribution in [0.2, 0.25) is 5.02 Å². The molecule has 0 bridgehead atoms. The fraction of sp³-hybridized carbons (Fsp3) is 0.381. The third-order valence-electron chi connectivity index (χ3n) is 6.06. The van der Waals surface area contributed by atoms with Gasteiger partial charge in [-0.25, -0.2) is 4.98 Å². The van der Waals surface area contributed by atoms with Gasteiger partial charge in [0.2, 0.25) is 5.78 Å². The molecule has 2 unspecified atom stereocenters. The van der Waals surface area contributed by atoms with Crippen LogP contribution in [0.3, 0.4) is 0 Å². The summed E-state index contributed by atoms with van der Waals surface area (Å²) in [5, 5.41) is 8.18. The second-order valence-corrected chi connectivity index (χ2v) is 9.54. The predicted molar refractivity (Wildman–Crippen MR) is 117 cm³/mol. The summed E-state index contributed by atoms with van der Waals surface area (Å²) in [6.45, 7) is 1.62. The van der Waals surface area contributed by atoms with Gasteiger partial charge in [-0.3, -0.25) is 9.59 Å². The molecule has 30 heavy (non-hydrogen) atoms. The number of hydrogen-bond acceptors (Lipinski definition) is 6. The van der Waals surface area contributed by atoms with E-state index >= 15 is 0 Å². The first-order valence-electron chi connectivity index (χ1n) is 10.1. The fourth-order valence-corrected chi connectivity index (χ4v) is 5.58. The Bertz CT molecular complexity index is 1130. The summed E-state index contributed by atoms with van der Waals surface area (Å²) in [6, 6.07) is 6.75. The monoisotopic (exact) mass is 443 g/mol. The van der Waals surface area contributed by atoms with Gasteiger partial charge in [-0.1, -0.05) is 11.6 Å². The van der Waals surface area contributed by atoms with E-state index in [2.05, 4.69) is 20.6 Å². The molecule has 0 saturated heterocycles. The van der Waals surface area contributed by atoms with E-state index < -0.39 is 11.6 Å². The van der Waals surface area contributed by atoms with Crippen LogP contribution in [-0.2, 0) is 13.0 Å². The van der Waals surface area contributed by atoms with Crippen LogP contribution in [0.25, 0.3) is 10.9 Å². The molecule has 156 valence electrons. The Hall–Kier alpha value is -2.26. The molecule has 1 aromatic carbocycles. The molecule has 0 spiro atoms. The third kappa shape index (κ3) is 3.33. The van der Waals surface area contributed by atoms with E-state index in [1.54, 1.807) is 18.2 Å². The van der Waals surface area contributed by atoms with E-state index in [1.165, 1.54) is 11.3 Å². The number of hydrogen-bond donors (Lipinski definition) is 4. The quantitative estimate of drug-likeness (QED) is 0.463. The highest BCUT2D eigenvalue weighted by Gasteiger charge is 2.47. The molecule has 0 radical (unpaired) electrons. The van der Waals surface area contributed by atoms with Gasteiger partial charge >= 0.3 is 0 Å². The molecule has 3 heterocycles. The van der Waals surface area contributed by atoms with Crippen molar-refractivity contribution in [3.8, 4) is 0 Å². The zero-order chi connectivity index (χ0) is 20.9. The highest BCUT2D eigenvalue weighted by Crippen LogP contribution is 2.33. The number of rotatable bonds is 4. The van der Waals surface area contributed by atoms with Crippen LogP contribution in [0.15, 0.2) is 24.3 Å². The van der Waals surface area contributed by atoms with Gasteiger partial charge < -0.3 is 21.4 Å². The van der Waals surface area contributed by atoms with Gasteiger partial charge in [0, 0.05) is 40.3 Å². The second kappa shape index (κ2) is 7.46. The predicted octanol–water partition coefficient (Wildman–Crippen LogP) is 2.79. The smallest absolute Gasteiger partial charge is 0.280 e. The second-order valence-electron chi connectivity index (χ2n) is 8.02. The van der Waals surface area contributed by atoms with Crippen LogP contribution in [0.5, 0.6) is 0 Å². The summed E-state index contributed by atoms with van der Waals surface area (Å²) in [5.74, 6) is -0.451.